The van der Waals surface area contributed by atoms with Crippen molar-refractivity contribution in [3.05, 3.63) is 37.9 Å². The minimum atomic E-state index is -0.0962. The molecule has 2 N–H and O–H groups in total. The summed E-state index contributed by atoms with van der Waals surface area (Å²) < 4.78 is 0. The first-order valence-corrected chi connectivity index (χ1v) is 7.43. The lowest BCUT2D eigenvalue weighted by Crippen LogP contribution is -2.37. The maximum absolute atomic E-state index is 12.2. The van der Waals surface area contributed by atoms with Gasteiger partial charge < -0.3 is 10.6 Å². The second-order valence-electron chi connectivity index (χ2n) is 4.49. The molecule has 1 amide bonds. The van der Waals surface area contributed by atoms with E-state index in [4.69, 9.17) is 0 Å². The van der Waals surface area contributed by atoms with Gasteiger partial charge in [0, 0.05) is 14.6 Å². The van der Waals surface area contributed by atoms with Gasteiger partial charge in [-0.3, -0.25) is 4.79 Å². The average Bonchev–Trinajstić information content (AvgIpc) is 2.85. The summed E-state index contributed by atoms with van der Waals surface area (Å²) in [7, 11) is 0. The van der Waals surface area contributed by atoms with Gasteiger partial charge >= 0.3 is 0 Å². The Bertz CT molecular complexity index is 627. The Morgan fingerprint density at radius 2 is 1.89 bits per heavy atom. The normalized spacial score (nSPS) is 18.2. The molecule has 0 bridgehead atoms. The topological polar surface area (TPSA) is 41.1 Å². The highest BCUT2D eigenvalue weighted by atomic mass is 32.1. The summed E-state index contributed by atoms with van der Waals surface area (Å²) in [5, 5.41) is 7.43. The summed E-state index contributed by atoms with van der Waals surface area (Å²) in [5.74, 6) is 0.0293. The van der Waals surface area contributed by atoms with Crippen LogP contribution in [0, 0.1) is 20.8 Å². The minimum Gasteiger partial charge on any atom is -0.352 e. The molecule has 3 heterocycles. The largest absolute Gasteiger partial charge is 0.352 e. The average molecular weight is 278 g/mol. The van der Waals surface area contributed by atoms with Crippen molar-refractivity contribution in [1.29, 1.82) is 0 Å². The first kappa shape index (κ1) is 11.7. The van der Waals surface area contributed by atoms with E-state index in [0.29, 0.717) is 0 Å². The van der Waals surface area contributed by atoms with Gasteiger partial charge in [0.15, 0.2) is 0 Å². The molecule has 0 saturated carbocycles. The lowest BCUT2D eigenvalue weighted by molar-refractivity contribution is 0.0936. The Morgan fingerprint density at radius 3 is 2.56 bits per heavy atom. The quantitative estimate of drug-likeness (QED) is 0.837. The monoisotopic (exact) mass is 278 g/mol. The number of nitrogens with one attached hydrogen (secondary N) is 2. The molecular formula is C13H14N2OS2. The van der Waals surface area contributed by atoms with Crippen molar-refractivity contribution >= 4 is 33.6 Å². The van der Waals surface area contributed by atoms with E-state index in [1.807, 2.05) is 6.92 Å². The molecule has 1 aliphatic heterocycles. The van der Waals surface area contributed by atoms with Gasteiger partial charge in [-0.2, -0.15) is 0 Å². The van der Waals surface area contributed by atoms with Gasteiger partial charge in [-0.25, -0.2) is 0 Å². The first-order valence-electron chi connectivity index (χ1n) is 5.80. The first-order chi connectivity index (χ1) is 8.56. The Morgan fingerprint density at radius 1 is 1.11 bits per heavy atom. The van der Waals surface area contributed by atoms with Crippen LogP contribution in [0.25, 0.3) is 0 Å². The predicted molar refractivity (Wildman–Crippen MR) is 76.7 cm³/mol. The van der Waals surface area contributed by atoms with Gasteiger partial charge in [0.1, 0.15) is 11.2 Å². The molecule has 0 fully saturated rings. The smallest absolute Gasteiger partial charge is 0.256 e. The molecule has 0 aliphatic carbocycles. The molecule has 1 atom stereocenters. The molecule has 1 unspecified atom stereocenters. The fourth-order valence-corrected chi connectivity index (χ4v) is 4.09. The molecular weight excluding hydrogens is 264 g/mol. The molecule has 0 radical (unpaired) electrons. The standard InChI is InChI=1S/C13H14N2OS2/c1-6-4-5-9(17-6)11-14-12(16)10-7(2)8(3)18-13(10)15-11/h4-5,11,15H,1-3H3,(H,14,16). The van der Waals surface area contributed by atoms with Crippen molar-refractivity contribution in [2.75, 3.05) is 5.32 Å². The number of carbonyl (C=O) groups is 1. The number of carbonyl (C=O) groups excluding carboxylic acids is 1. The number of hydrogen-bond acceptors (Lipinski definition) is 4. The molecule has 0 spiro atoms. The van der Waals surface area contributed by atoms with Crippen molar-refractivity contribution in [2.24, 2.45) is 0 Å². The van der Waals surface area contributed by atoms with E-state index in [2.05, 4.69) is 36.6 Å². The van der Waals surface area contributed by atoms with Crippen LogP contribution in [-0.2, 0) is 0 Å². The number of rotatable bonds is 1. The summed E-state index contributed by atoms with van der Waals surface area (Å²) in [6.07, 6.45) is -0.0962. The highest BCUT2D eigenvalue weighted by Gasteiger charge is 2.29. The molecule has 94 valence electrons. The Balaban J connectivity index is 1.99. The lowest BCUT2D eigenvalue weighted by Gasteiger charge is -2.25. The van der Waals surface area contributed by atoms with Gasteiger partial charge in [0.05, 0.1) is 5.56 Å². The molecule has 2 aromatic heterocycles. The van der Waals surface area contributed by atoms with E-state index < -0.39 is 0 Å². The van der Waals surface area contributed by atoms with Crippen LogP contribution in [0.4, 0.5) is 5.00 Å². The number of aryl methyl sites for hydroxylation is 2. The summed E-state index contributed by atoms with van der Waals surface area (Å²) in [4.78, 5) is 15.8. The number of anilines is 1. The number of thiophene rings is 2. The molecule has 2 aromatic rings. The summed E-state index contributed by atoms with van der Waals surface area (Å²) in [6.45, 7) is 6.13. The van der Waals surface area contributed by atoms with Crippen LogP contribution in [0.3, 0.4) is 0 Å². The molecule has 3 rings (SSSR count). The van der Waals surface area contributed by atoms with E-state index in [9.17, 15) is 4.79 Å². The molecule has 18 heavy (non-hydrogen) atoms. The third-order valence-electron chi connectivity index (χ3n) is 3.21. The zero-order valence-electron chi connectivity index (χ0n) is 10.5. The highest BCUT2D eigenvalue weighted by Crippen LogP contribution is 2.38. The van der Waals surface area contributed by atoms with Gasteiger partial charge in [0.25, 0.3) is 5.91 Å². The van der Waals surface area contributed by atoms with Crippen molar-refractivity contribution in [2.45, 2.75) is 26.9 Å². The third-order valence-corrected chi connectivity index (χ3v) is 5.41. The zero-order chi connectivity index (χ0) is 12.9. The molecule has 0 aromatic carbocycles. The fraction of sp³-hybridized carbons (Fsp3) is 0.308. The SMILES string of the molecule is Cc1ccc(C2NC(=O)c3c(sc(C)c3C)N2)s1. The van der Waals surface area contributed by atoms with Crippen LogP contribution < -0.4 is 10.6 Å². The van der Waals surface area contributed by atoms with Crippen LogP contribution in [0.15, 0.2) is 12.1 Å². The number of hydrogen-bond donors (Lipinski definition) is 2. The Labute approximate surface area is 114 Å². The molecule has 0 saturated heterocycles. The maximum Gasteiger partial charge on any atom is 0.256 e. The van der Waals surface area contributed by atoms with E-state index in [0.717, 1.165) is 21.0 Å². The number of fused-ring (bicyclic) bond motifs is 1. The second-order valence-corrected chi connectivity index (χ2v) is 7.03. The van der Waals surface area contributed by atoms with E-state index in [1.165, 1.54) is 9.75 Å². The third kappa shape index (κ3) is 1.74. The zero-order valence-corrected chi connectivity index (χ0v) is 12.1. The van der Waals surface area contributed by atoms with E-state index in [-0.39, 0.29) is 12.1 Å². The van der Waals surface area contributed by atoms with Crippen LogP contribution in [0.1, 0.15) is 36.7 Å². The molecule has 1 aliphatic rings. The van der Waals surface area contributed by atoms with Crippen LogP contribution in [-0.4, -0.2) is 5.91 Å². The predicted octanol–water partition coefficient (Wildman–Crippen LogP) is 3.59. The Hall–Kier alpha value is -1.33. The highest BCUT2D eigenvalue weighted by molar-refractivity contribution is 7.16. The molecule has 3 nitrogen and oxygen atoms in total. The summed E-state index contributed by atoms with van der Waals surface area (Å²) in [5.41, 5.74) is 1.89. The fourth-order valence-electron chi connectivity index (χ4n) is 2.12. The van der Waals surface area contributed by atoms with Crippen molar-refractivity contribution in [1.82, 2.24) is 5.32 Å². The number of amides is 1. The van der Waals surface area contributed by atoms with Crippen LogP contribution in [0.5, 0.6) is 0 Å². The van der Waals surface area contributed by atoms with E-state index >= 15 is 0 Å². The minimum absolute atomic E-state index is 0.0293. The summed E-state index contributed by atoms with van der Waals surface area (Å²) in [6, 6.07) is 4.14. The van der Waals surface area contributed by atoms with Crippen LogP contribution >= 0.6 is 22.7 Å². The van der Waals surface area contributed by atoms with Crippen molar-refractivity contribution < 1.29 is 4.79 Å². The van der Waals surface area contributed by atoms with Gasteiger partial charge in [-0.1, -0.05) is 0 Å². The van der Waals surface area contributed by atoms with Crippen LogP contribution in [0.2, 0.25) is 0 Å². The van der Waals surface area contributed by atoms with Gasteiger partial charge in [-0.15, -0.1) is 22.7 Å². The molecule has 5 heteroatoms. The van der Waals surface area contributed by atoms with Crippen molar-refractivity contribution in [3.8, 4) is 0 Å². The lowest BCUT2D eigenvalue weighted by atomic mass is 10.1. The van der Waals surface area contributed by atoms with E-state index in [1.54, 1.807) is 22.7 Å². The second kappa shape index (κ2) is 4.10. The van der Waals surface area contributed by atoms with Gasteiger partial charge in [0.2, 0.25) is 0 Å². The Kier molecular flexibility index (Phi) is 2.68. The van der Waals surface area contributed by atoms with Gasteiger partial charge in [-0.05, 0) is 38.5 Å². The summed E-state index contributed by atoms with van der Waals surface area (Å²) >= 11 is 3.37. The maximum atomic E-state index is 12.2. The van der Waals surface area contributed by atoms with Crippen molar-refractivity contribution in [3.63, 3.8) is 0 Å².